The molecule has 102 valence electrons. The summed E-state index contributed by atoms with van der Waals surface area (Å²) >= 11 is 6.00. The Morgan fingerprint density at radius 2 is 2.00 bits per heavy atom. The summed E-state index contributed by atoms with van der Waals surface area (Å²) in [7, 11) is 0. The first-order chi connectivity index (χ1) is 9.10. The molecule has 19 heavy (non-hydrogen) atoms. The molecule has 1 N–H and O–H groups in total. The molecule has 1 aliphatic rings. The lowest BCUT2D eigenvalue weighted by molar-refractivity contribution is -0.0837. The van der Waals surface area contributed by atoms with Crippen LogP contribution in [0.4, 0.5) is 0 Å². The van der Waals surface area contributed by atoms with Crippen LogP contribution >= 0.6 is 11.6 Å². The summed E-state index contributed by atoms with van der Waals surface area (Å²) in [6.07, 6.45) is 8.67. The molecule has 2 aromatic heterocycles. The molecule has 1 fully saturated rings. The first-order valence-electron chi connectivity index (χ1n) is 6.67. The van der Waals surface area contributed by atoms with E-state index in [1.165, 1.54) is 25.6 Å². The summed E-state index contributed by atoms with van der Waals surface area (Å²) in [5, 5.41) is 11.2. The maximum absolute atomic E-state index is 10.9. The maximum Gasteiger partial charge on any atom is 0.167 e. The summed E-state index contributed by atoms with van der Waals surface area (Å²) in [5.74, 6) is 0.229. The fraction of sp³-hybridized carbons (Fsp3) is 0.615. The van der Waals surface area contributed by atoms with E-state index in [-0.39, 0.29) is 5.92 Å². The topological polar surface area (TPSA) is 63.8 Å². The fourth-order valence-electron chi connectivity index (χ4n) is 2.98. The van der Waals surface area contributed by atoms with Gasteiger partial charge < -0.3 is 5.11 Å². The van der Waals surface area contributed by atoms with Gasteiger partial charge in [-0.25, -0.2) is 15.0 Å². The minimum Gasteiger partial charge on any atom is -0.370 e. The molecule has 0 spiro atoms. The normalized spacial score (nSPS) is 20.6. The number of nitrogens with zero attached hydrogens (tertiary/aromatic N) is 4. The zero-order chi connectivity index (χ0) is 13.5. The Hall–Kier alpha value is -1.20. The second kappa shape index (κ2) is 4.72. The van der Waals surface area contributed by atoms with Crippen LogP contribution in [0.5, 0.6) is 0 Å². The zero-order valence-electron chi connectivity index (χ0n) is 10.9. The van der Waals surface area contributed by atoms with Gasteiger partial charge in [0.15, 0.2) is 10.8 Å². The van der Waals surface area contributed by atoms with Gasteiger partial charge in [0, 0.05) is 5.92 Å². The van der Waals surface area contributed by atoms with Crippen LogP contribution in [0.25, 0.3) is 11.2 Å². The minimum atomic E-state index is -0.979. The van der Waals surface area contributed by atoms with Crippen molar-refractivity contribution in [2.75, 3.05) is 0 Å². The summed E-state index contributed by atoms with van der Waals surface area (Å²) < 4.78 is 1.73. The third-order valence-corrected chi connectivity index (χ3v) is 4.43. The Morgan fingerprint density at radius 1 is 1.26 bits per heavy atom. The average Bonchev–Trinajstić information content (AvgIpc) is 2.86. The third-order valence-electron chi connectivity index (χ3n) is 4.16. The van der Waals surface area contributed by atoms with Gasteiger partial charge in [-0.1, -0.05) is 30.9 Å². The molecule has 0 saturated heterocycles. The quantitative estimate of drug-likeness (QED) is 0.859. The zero-order valence-corrected chi connectivity index (χ0v) is 11.6. The Bertz CT molecular complexity index is 589. The van der Waals surface area contributed by atoms with Crippen molar-refractivity contribution in [1.82, 2.24) is 19.5 Å². The van der Waals surface area contributed by atoms with Gasteiger partial charge in [-0.3, -0.25) is 4.57 Å². The number of imidazole rings is 1. The highest BCUT2D eigenvalue weighted by atomic mass is 35.5. The highest BCUT2D eigenvalue weighted by molar-refractivity contribution is 6.33. The highest BCUT2D eigenvalue weighted by Gasteiger charge is 2.36. The molecule has 6 heteroatoms. The second-order valence-corrected chi connectivity index (χ2v) is 5.74. The lowest BCUT2D eigenvalue weighted by Crippen LogP contribution is -2.39. The van der Waals surface area contributed by atoms with Crippen molar-refractivity contribution in [2.45, 2.75) is 44.8 Å². The van der Waals surface area contributed by atoms with Crippen LogP contribution < -0.4 is 0 Å². The maximum atomic E-state index is 10.9. The monoisotopic (exact) mass is 280 g/mol. The molecule has 0 aliphatic heterocycles. The van der Waals surface area contributed by atoms with Crippen LogP contribution in [0.1, 0.15) is 39.0 Å². The van der Waals surface area contributed by atoms with E-state index in [2.05, 4.69) is 15.0 Å². The summed E-state index contributed by atoms with van der Waals surface area (Å²) in [5.41, 5.74) is 0.156. The fourth-order valence-corrected chi connectivity index (χ4v) is 3.16. The molecule has 1 aliphatic carbocycles. The van der Waals surface area contributed by atoms with Gasteiger partial charge in [0.2, 0.25) is 0 Å². The van der Waals surface area contributed by atoms with Crippen molar-refractivity contribution >= 4 is 22.8 Å². The number of rotatable bonds is 2. The average molecular weight is 281 g/mol. The smallest absolute Gasteiger partial charge is 0.167 e. The Morgan fingerprint density at radius 3 is 2.74 bits per heavy atom. The molecule has 0 aromatic carbocycles. The van der Waals surface area contributed by atoms with Crippen LogP contribution in [0.3, 0.4) is 0 Å². The van der Waals surface area contributed by atoms with Crippen molar-refractivity contribution in [1.29, 1.82) is 0 Å². The van der Waals surface area contributed by atoms with Gasteiger partial charge in [0.25, 0.3) is 0 Å². The molecule has 1 atom stereocenters. The summed E-state index contributed by atoms with van der Waals surface area (Å²) in [6.45, 7) is 1.83. The first-order valence-corrected chi connectivity index (χ1v) is 7.05. The Kier molecular flexibility index (Phi) is 3.19. The molecular formula is C13H17ClN4O. The predicted molar refractivity (Wildman–Crippen MR) is 72.8 cm³/mol. The van der Waals surface area contributed by atoms with E-state index in [9.17, 15) is 5.11 Å². The summed E-state index contributed by atoms with van der Waals surface area (Å²) in [6, 6.07) is 0. The van der Waals surface area contributed by atoms with Crippen LogP contribution in [0, 0.1) is 5.92 Å². The molecular weight excluding hydrogens is 264 g/mol. The number of aliphatic hydroxyl groups is 1. The number of hydrogen-bond donors (Lipinski definition) is 1. The van der Waals surface area contributed by atoms with E-state index in [0.717, 1.165) is 12.8 Å². The van der Waals surface area contributed by atoms with Gasteiger partial charge in [-0.15, -0.1) is 0 Å². The van der Waals surface area contributed by atoms with Crippen LogP contribution in [-0.4, -0.2) is 24.6 Å². The largest absolute Gasteiger partial charge is 0.370 e. The van der Waals surface area contributed by atoms with Gasteiger partial charge >= 0.3 is 0 Å². The standard InChI is InChI=1S/C13H17ClN4O/c1-13(19,9-5-3-2-4-6-9)18-8-17-10-11(14)15-7-16-12(10)18/h7-9,19H,2-6H2,1H3. The van der Waals surface area contributed by atoms with E-state index in [4.69, 9.17) is 11.6 Å². The predicted octanol–water partition coefficient (Wildman–Crippen LogP) is 2.73. The van der Waals surface area contributed by atoms with E-state index >= 15 is 0 Å². The van der Waals surface area contributed by atoms with Crippen LogP contribution in [0.15, 0.2) is 12.7 Å². The molecule has 0 bridgehead atoms. The lowest BCUT2D eigenvalue weighted by Gasteiger charge is -2.36. The third kappa shape index (κ3) is 2.11. The van der Waals surface area contributed by atoms with Crippen molar-refractivity contribution in [3.05, 3.63) is 17.8 Å². The van der Waals surface area contributed by atoms with E-state index in [1.807, 2.05) is 6.92 Å². The summed E-state index contributed by atoms with van der Waals surface area (Å²) in [4.78, 5) is 12.3. The second-order valence-electron chi connectivity index (χ2n) is 5.38. The van der Waals surface area contributed by atoms with Crippen LogP contribution in [0.2, 0.25) is 5.15 Å². The van der Waals surface area contributed by atoms with Gasteiger partial charge in [-0.2, -0.15) is 0 Å². The molecule has 0 amide bonds. The van der Waals surface area contributed by atoms with E-state index in [0.29, 0.717) is 16.3 Å². The molecule has 0 radical (unpaired) electrons. The number of aromatic nitrogens is 4. The molecule has 5 nitrogen and oxygen atoms in total. The van der Waals surface area contributed by atoms with Gasteiger partial charge in [0.1, 0.15) is 17.6 Å². The van der Waals surface area contributed by atoms with E-state index in [1.54, 1.807) is 10.9 Å². The number of halogens is 1. The SMILES string of the molecule is CC(O)(C1CCCCC1)n1cnc2c(Cl)ncnc21. The number of hydrogen-bond acceptors (Lipinski definition) is 4. The number of fused-ring (bicyclic) bond motifs is 1. The van der Waals surface area contributed by atoms with Crippen molar-refractivity contribution in [3.63, 3.8) is 0 Å². The Balaban J connectivity index is 2.05. The van der Waals surface area contributed by atoms with Crippen molar-refractivity contribution in [2.24, 2.45) is 5.92 Å². The molecule has 1 saturated carbocycles. The van der Waals surface area contributed by atoms with Crippen LogP contribution in [-0.2, 0) is 5.72 Å². The van der Waals surface area contributed by atoms with E-state index < -0.39 is 5.72 Å². The molecule has 3 rings (SSSR count). The van der Waals surface area contributed by atoms with Gasteiger partial charge in [-0.05, 0) is 19.8 Å². The molecule has 2 heterocycles. The lowest BCUT2D eigenvalue weighted by atomic mass is 9.82. The Labute approximate surface area is 116 Å². The highest BCUT2D eigenvalue weighted by Crippen LogP contribution is 2.37. The first kappa shape index (κ1) is 12.8. The van der Waals surface area contributed by atoms with Crippen molar-refractivity contribution in [3.8, 4) is 0 Å². The molecule has 2 aromatic rings. The van der Waals surface area contributed by atoms with Gasteiger partial charge in [0.05, 0.1) is 6.33 Å². The molecule has 1 unspecified atom stereocenters. The minimum absolute atomic E-state index is 0.229. The van der Waals surface area contributed by atoms with Crippen molar-refractivity contribution < 1.29 is 5.11 Å².